The maximum atomic E-state index is 12.2. The zero-order valence-corrected chi connectivity index (χ0v) is 15.0. The summed E-state index contributed by atoms with van der Waals surface area (Å²) < 4.78 is 0. The highest BCUT2D eigenvalue weighted by atomic mass is 32.2. The largest absolute Gasteiger partial charge is 0.355 e. The second-order valence-corrected chi connectivity index (χ2v) is 8.22. The van der Waals surface area contributed by atoms with E-state index < -0.39 is 0 Å². The molecule has 1 unspecified atom stereocenters. The van der Waals surface area contributed by atoms with Gasteiger partial charge < -0.3 is 15.5 Å². The van der Waals surface area contributed by atoms with Gasteiger partial charge in [0, 0.05) is 24.4 Å². The van der Waals surface area contributed by atoms with Gasteiger partial charge in [-0.15, -0.1) is 11.8 Å². The summed E-state index contributed by atoms with van der Waals surface area (Å²) in [6.07, 6.45) is 0.197. The van der Waals surface area contributed by atoms with Gasteiger partial charge in [0.25, 0.3) is 0 Å². The number of rotatable bonds is 6. The first-order chi connectivity index (χ1) is 10.8. The number of hydrogen-bond donors (Lipinski definition) is 2. The van der Waals surface area contributed by atoms with E-state index >= 15 is 0 Å². The van der Waals surface area contributed by atoms with Crippen LogP contribution in [0.15, 0.2) is 29.2 Å². The van der Waals surface area contributed by atoms with E-state index in [2.05, 4.69) is 29.4 Å². The number of carbonyl (C=O) groups is 2. The van der Waals surface area contributed by atoms with Crippen molar-refractivity contribution in [3.05, 3.63) is 24.3 Å². The van der Waals surface area contributed by atoms with Crippen molar-refractivity contribution >= 4 is 29.3 Å². The molecule has 126 valence electrons. The van der Waals surface area contributed by atoms with Gasteiger partial charge in [0.2, 0.25) is 11.8 Å². The Balaban J connectivity index is 1.87. The number of fused-ring (bicyclic) bond motifs is 1. The van der Waals surface area contributed by atoms with E-state index in [1.807, 2.05) is 38.4 Å². The molecule has 0 radical (unpaired) electrons. The topological polar surface area (TPSA) is 61.4 Å². The van der Waals surface area contributed by atoms with Gasteiger partial charge in [-0.25, -0.2) is 0 Å². The number of hydrogen-bond acceptors (Lipinski definition) is 4. The van der Waals surface area contributed by atoms with E-state index in [4.69, 9.17) is 0 Å². The van der Waals surface area contributed by atoms with Crippen molar-refractivity contribution in [2.45, 2.75) is 30.4 Å². The Bertz CT molecular complexity index is 587. The van der Waals surface area contributed by atoms with Gasteiger partial charge in [-0.05, 0) is 31.6 Å². The van der Waals surface area contributed by atoms with Gasteiger partial charge >= 0.3 is 0 Å². The monoisotopic (exact) mass is 335 g/mol. The minimum Gasteiger partial charge on any atom is -0.355 e. The number of benzene rings is 1. The summed E-state index contributed by atoms with van der Waals surface area (Å²) in [5.41, 5.74) is 0.819. The third kappa shape index (κ3) is 5.25. The highest BCUT2D eigenvalue weighted by molar-refractivity contribution is 8.01. The average molecular weight is 335 g/mol. The number of nitrogens with one attached hydrogen (secondary N) is 2. The van der Waals surface area contributed by atoms with Crippen LogP contribution in [-0.4, -0.2) is 49.1 Å². The van der Waals surface area contributed by atoms with Crippen LogP contribution in [0, 0.1) is 5.41 Å². The van der Waals surface area contributed by atoms with Gasteiger partial charge in [0.05, 0.1) is 10.9 Å². The number of thioether (sulfide) groups is 1. The van der Waals surface area contributed by atoms with Crippen molar-refractivity contribution in [1.82, 2.24) is 10.2 Å². The molecule has 1 heterocycles. The van der Waals surface area contributed by atoms with Gasteiger partial charge in [-0.2, -0.15) is 0 Å². The van der Waals surface area contributed by atoms with E-state index in [0.717, 1.165) is 17.1 Å². The Labute approximate surface area is 142 Å². The number of carbonyl (C=O) groups excluding carboxylic acids is 2. The van der Waals surface area contributed by atoms with E-state index in [9.17, 15) is 9.59 Å². The lowest BCUT2D eigenvalue weighted by Crippen LogP contribution is -2.41. The molecule has 1 aliphatic heterocycles. The van der Waals surface area contributed by atoms with Crippen molar-refractivity contribution in [3.63, 3.8) is 0 Å². The van der Waals surface area contributed by atoms with Crippen LogP contribution in [0.4, 0.5) is 5.69 Å². The van der Waals surface area contributed by atoms with Crippen molar-refractivity contribution in [2.24, 2.45) is 5.41 Å². The van der Waals surface area contributed by atoms with Crippen LogP contribution in [0.3, 0.4) is 0 Å². The number of nitrogens with zero attached hydrogens (tertiary/aromatic N) is 1. The molecule has 1 aromatic carbocycles. The quantitative estimate of drug-likeness (QED) is 0.837. The Morgan fingerprint density at radius 2 is 2.04 bits per heavy atom. The fraction of sp³-hybridized carbons (Fsp3) is 0.529. The molecule has 1 atom stereocenters. The van der Waals surface area contributed by atoms with Crippen molar-refractivity contribution in [2.75, 3.05) is 32.5 Å². The van der Waals surface area contributed by atoms with Crippen LogP contribution in [0.1, 0.15) is 20.3 Å². The first-order valence-corrected chi connectivity index (χ1v) is 8.63. The average Bonchev–Trinajstić information content (AvgIpc) is 2.45. The van der Waals surface area contributed by atoms with E-state index in [1.54, 1.807) is 0 Å². The predicted molar refractivity (Wildman–Crippen MR) is 94.7 cm³/mol. The molecule has 2 N–H and O–H groups in total. The summed E-state index contributed by atoms with van der Waals surface area (Å²) in [5, 5.41) is 5.46. The van der Waals surface area contributed by atoms with E-state index in [-0.39, 0.29) is 28.9 Å². The molecule has 0 saturated carbocycles. The zero-order valence-electron chi connectivity index (χ0n) is 14.2. The molecule has 6 heteroatoms. The molecule has 1 aromatic rings. The highest BCUT2D eigenvalue weighted by Gasteiger charge is 2.29. The molecular weight excluding hydrogens is 310 g/mol. The van der Waals surface area contributed by atoms with E-state index in [0.29, 0.717) is 6.54 Å². The van der Waals surface area contributed by atoms with Crippen molar-refractivity contribution in [1.29, 1.82) is 0 Å². The van der Waals surface area contributed by atoms with Gasteiger partial charge in [0.1, 0.15) is 0 Å². The standard InChI is InChI=1S/C17H25N3O2S/c1-17(2,11-20(3)4)10-18-15(21)9-14-16(22)19-12-7-5-6-8-13(12)23-14/h5-8,14H,9-11H2,1-4H3,(H,18,21)(H,19,22). The number of amides is 2. The smallest absolute Gasteiger partial charge is 0.238 e. The summed E-state index contributed by atoms with van der Waals surface area (Å²) in [4.78, 5) is 27.4. The highest BCUT2D eigenvalue weighted by Crippen LogP contribution is 2.36. The lowest BCUT2D eigenvalue weighted by atomic mass is 9.93. The molecule has 2 rings (SSSR count). The fourth-order valence-electron chi connectivity index (χ4n) is 2.72. The van der Waals surface area contributed by atoms with Crippen LogP contribution in [0.5, 0.6) is 0 Å². The first-order valence-electron chi connectivity index (χ1n) is 7.75. The minimum atomic E-state index is -0.373. The van der Waals surface area contributed by atoms with Crippen molar-refractivity contribution < 1.29 is 9.59 Å². The van der Waals surface area contributed by atoms with Gasteiger partial charge in [0.15, 0.2) is 0 Å². The summed E-state index contributed by atoms with van der Waals surface area (Å²) in [5.74, 6) is -0.180. The maximum absolute atomic E-state index is 12.2. The lowest BCUT2D eigenvalue weighted by molar-refractivity contribution is -0.124. The molecule has 0 spiro atoms. The Morgan fingerprint density at radius 1 is 1.35 bits per heavy atom. The van der Waals surface area contributed by atoms with Crippen LogP contribution in [0.2, 0.25) is 0 Å². The van der Waals surface area contributed by atoms with Crippen molar-refractivity contribution in [3.8, 4) is 0 Å². The summed E-state index contributed by atoms with van der Waals surface area (Å²) >= 11 is 1.46. The Morgan fingerprint density at radius 3 is 2.74 bits per heavy atom. The van der Waals surface area contributed by atoms with Gasteiger partial charge in [-0.3, -0.25) is 9.59 Å². The maximum Gasteiger partial charge on any atom is 0.238 e. The first kappa shape index (κ1) is 17.8. The number of para-hydroxylation sites is 1. The fourth-order valence-corrected chi connectivity index (χ4v) is 3.83. The van der Waals surface area contributed by atoms with Gasteiger partial charge in [-0.1, -0.05) is 26.0 Å². The van der Waals surface area contributed by atoms with Crippen LogP contribution < -0.4 is 10.6 Å². The molecule has 1 aliphatic rings. The second kappa shape index (κ2) is 7.36. The van der Waals surface area contributed by atoms with E-state index in [1.165, 1.54) is 11.8 Å². The SMILES string of the molecule is CN(C)CC(C)(C)CNC(=O)CC1Sc2ccccc2NC1=O. The summed E-state index contributed by atoms with van der Waals surface area (Å²) in [6, 6.07) is 7.66. The molecule has 0 bridgehead atoms. The summed E-state index contributed by atoms with van der Waals surface area (Å²) in [6.45, 7) is 5.72. The van der Waals surface area contributed by atoms with Crippen LogP contribution in [-0.2, 0) is 9.59 Å². The third-order valence-corrected chi connectivity index (χ3v) is 4.86. The minimum absolute atomic E-state index is 0.00622. The molecular formula is C17H25N3O2S. The lowest BCUT2D eigenvalue weighted by Gasteiger charge is -2.29. The molecule has 0 aliphatic carbocycles. The summed E-state index contributed by atoms with van der Waals surface area (Å²) in [7, 11) is 4.04. The molecule has 0 aromatic heterocycles. The Kier molecular flexibility index (Phi) is 5.70. The van der Waals surface area contributed by atoms with Crippen LogP contribution >= 0.6 is 11.8 Å². The number of anilines is 1. The second-order valence-electron chi connectivity index (χ2n) is 6.97. The van der Waals surface area contributed by atoms with Crippen LogP contribution in [0.25, 0.3) is 0 Å². The molecule has 5 nitrogen and oxygen atoms in total. The predicted octanol–water partition coefficient (Wildman–Crippen LogP) is 2.19. The molecule has 0 fully saturated rings. The zero-order chi connectivity index (χ0) is 17.0. The normalized spacial score (nSPS) is 17.6. The molecule has 0 saturated heterocycles. The Hall–Kier alpha value is -1.53. The molecule has 23 heavy (non-hydrogen) atoms. The molecule has 2 amide bonds. The third-order valence-electron chi connectivity index (χ3n) is 3.59.